The van der Waals surface area contributed by atoms with Gasteiger partial charge >= 0.3 is 0 Å². The summed E-state index contributed by atoms with van der Waals surface area (Å²) in [6.45, 7) is 3.39. The van der Waals surface area contributed by atoms with Gasteiger partial charge in [-0.1, -0.05) is 12.1 Å². The van der Waals surface area contributed by atoms with E-state index in [1.54, 1.807) is 0 Å². The van der Waals surface area contributed by atoms with Crippen molar-refractivity contribution in [1.82, 2.24) is 9.96 Å². The first kappa shape index (κ1) is 16.5. The molecule has 4 nitrogen and oxygen atoms in total. The molecule has 0 spiro atoms. The Morgan fingerprint density at radius 3 is 2.57 bits per heavy atom. The standard InChI is InChI=1S/C19H28N2O2/c22-19(20-11-2-1-3-12-20)18-6-4-5-17(15-18)8-7-16-9-13-21(23)14-10-16/h4-6,15-16,23H,1-3,7-14H2. The first-order valence-electron chi connectivity index (χ1n) is 9.04. The van der Waals surface area contributed by atoms with Crippen LogP contribution in [0.25, 0.3) is 0 Å². The van der Waals surface area contributed by atoms with Crippen molar-refractivity contribution in [3.63, 3.8) is 0 Å². The molecule has 1 aromatic carbocycles. The number of hydrogen-bond acceptors (Lipinski definition) is 3. The summed E-state index contributed by atoms with van der Waals surface area (Å²) in [6.07, 6.45) is 7.83. The molecule has 1 N–H and O–H groups in total. The van der Waals surface area contributed by atoms with E-state index >= 15 is 0 Å². The molecule has 1 aromatic rings. The zero-order valence-corrected chi connectivity index (χ0v) is 13.9. The molecule has 0 unspecified atom stereocenters. The van der Waals surface area contributed by atoms with Gasteiger partial charge in [-0.2, -0.15) is 5.06 Å². The quantitative estimate of drug-likeness (QED) is 0.926. The number of nitrogens with zero attached hydrogens (tertiary/aromatic N) is 2. The molecular formula is C19H28N2O2. The van der Waals surface area contributed by atoms with Crippen molar-refractivity contribution in [2.75, 3.05) is 26.2 Å². The largest absolute Gasteiger partial charge is 0.339 e. The van der Waals surface area contributed by atoms with E-state index in [0.717, 1.165) is 70.3 Å². The summed E-state index contributed by atoms with van der Waals surface area (Å²) in [7, 11) is 0. The molecule has 0 atom stereocenters. The molecule has 0 radical (unpaired) electrons. The normalized spacial score (nSPS) is 20.7. The van der Waals surface area contributed by atoms with Crippen LogP contribution < -0.4 is 0 Å². The molecule has 4 heteroatoms. The number of rotatable bonds is 4. The number of aryl methyl sites for hydroxylation is 1. The molecule has 2 fully saturated rings. The predicted octanol–water partition coefficient (Wildman–Crippen LogP) is 3.35. The van der Waals surface area contributed by atoms with Crippen LogP contribution >= 0.6 is 0 Å². The molecular weight excluding hydrogens is 288 g/mol. The lowest BCUT2D eigenvalue weighted by Crippen LogP contribution is -2.35. The predicted molar refractivity (Wildman–Crippen MR) is 90.6 cm³/mol. The second-order valence-electron chi connectivity index (χ2n) is 6.99. The zero-order chi connectivity index (χ0) is 16.1. The monoisotopic (exact) mass is 316 g/mol. The van der Waals surface area contributed by atoms with E-state index in [2.05, 4.69) is 12.1 Å². The number of amides is 1. The molecule has 0 aliphatic carbocycles. The van der Waals surface area contributed by atoms with E-state index < -0.39 is 0 Å². The van der Waals surface area contributed by atoms with Gasteiger partial charge in [0.25, 0.3) is 5.91 Å². The molecule has 3 rings (SSSR count). The molecule has 2 saturated heterocycles. The maximum absolute atomic E-state index is 12.6. The molecule has 1 amide bonds. The van der Waals surface area contributed by atoms with Crippen LogP contribution in [0.2, 0.25) is 0 Å². The van der Waals surface area contributed by atoms with Gasteiger partial charge in [-0.15, -0.1) is 0 Å². The van der Waals surface area contributed by atoms with Crippen molar-refractivity contribution in [2.24, 2.45) is 5.92 Å². The summed E-state index contributed by atoms with van der Waals surface area (Å²) >= 11 is 0. The fourth-order valence-corrected chi connectivity index (χ4v) is 3.72. The van der Waals surface area contributed by atoms with E-state index in [0.29, 0.717) is 5.92 Å². The molecule has 0 saturated carbocycles. The number of benzene rings is 1. The fraction of sp³-hybridized carbons (Fsp3) is 0.632. The van der Waals surface area contributed by atoms with Gasteiger partial charge in [0.05, 0.1) is 0 Å². The lowest BCUT2D eigenvalue weighted by Gasteiger charge is -2.27. The zero-order valence-electron chi connectivity index (χ0n) is 13.9. The van der Waals surface area contributed by atoms with Crippen molar-refractivity contribution < 1.29 is 10.0 Å². The number of carbonyl (C=O) groups is 1. The first-order valence-corrected chi connectivity index (χ1v) is 9.04. The SMILES string of the molecule is O=C(c1cccc(CCC2CCN(O)CC2)c1)N1CCCCC1. The summed E-state index contributed by atoms with van der Waals surface area (Å²) < 4.78 is 0. The van der Waals surface area contributed by atoms with Gasteiger partial charge in [-0.25, -0.2) is 0 Å². The summed E-state index contributed by atoms with van der Waals surface area (Å²) in [4.78, 5) is 14.6. The highest BCUT2D eigenvalue weighted by molar-refractivity contribution is 5.94. The van der Waals surface area contributed by atoms with Crippen molar-refractivity contribution in [3.8, 4) is 0 Å². The van der Waals surface area contributed by atoms with E-state index in [1.165, 1.54) is 17.0 Å². The van der Waals surface area contributed by atoms with Gasteiger partial charge in [0, 0.05) is 31.7 Å². The number of hydrogen-bond donors (Lipinski definition) is 1. The Morgan fingerprint density at radius 2 is 1.83 bits per heavy atom. The van der Waals surface area contributed by atoms with Crippen molar-refractivity contribution in [1.29, 1.82) is 0 Å². The first-order chi connectivity index (χ1) is 11.2. The van der Waals surface area contributed by atoms with Crippen molar-refractivity contribution in [2.45, 2.75) is 44.9 Å². The Morgan fingerprint density at radius 1 is 1.09 bits per heavy atom. The number of likely N-dealkylation sites (tertiary alicyclic amines) is 1. The molecule has 126 valence electrons. The van der Waals surface area contributed by atoms with Crippen LogP contribution in [-0.4, -0.2) is 47.3 Å². The van der Waals surface area contributed by atoms with Crippen LogP contribution in [-0.2, 0) is 6.42 Å². The number of piperidine rings is 2. The Labute approximate surface area is 139 Å². The third kappa shape index (κ3) is 4.55. The molecule has 23 heavy (non-hydrogen) atoms. The van der Waals surface area contributed by atoms with Crippen molar-refractivity contribution in [3.05, 3.63) is 35.4 Å². The van der Waals surface area contributed by atoms with Gasteiger partial charge in [-0.05, 0) is 68.6 Å². The highest BCUT2D eigenvalue weighted by Gasteiger charge is 2.19. The van der Waals surface area contributed by atoms with E-state index in [1.807, 2.05) is 17.0 Å². The third-order valence-corrected chi connectivity index (χ3v) is 5.25. The Kier molecular flexibility index (Phi) is 5.68. The highest BCUT2D eigenvalue weighted by Crippen LogP contribution is 2.22. The summed E-state index contributed by atoms with van der Waals surface area (Å²) in [5.74, 6) is 0.889. The van der Waals surface area contributed by atoms with E-state index in [-0.39, 0.29) is 5.91 Å². The average molecular weight is 316 g/mol. The fourth-order valence-electron chi connectivity index (χ4n) is 3.72. The lowest BCUT2D eigenvalue weighted by molar-refractivity contribution is -0.112. The van der Waals surface area contributed by atoms with Crippen LogP contribution in [0.5, 0.6) is 0 Å². The lowest BCUT2D eigenvalue weighted by atomic mass is 9.91. The van der Waals surface area contributed by atoms with E-state index in [9.17, 15) is 10.0 Å². The maximum atomic E-state index is 12.6. The number of carbonyl (C=O) groups excluding carboxylic acids is 1. The van der Waals surface area contributed by atoms with Crippen LogP contribution in [0.15, 0.2) is 24.3 Å². The van der Waals surface area contributed by atoms with Crippen LogP contribution in [0.4, 0.5) is 0 Å². The Bertz CT molecular complexity index is 518. The van der Waals surface area contributed by atoms with Gasteiger partial charge < -0.3 is 10.1 Å². The summed E-state index contributed by atoms with van der Waals surface area (Å²) in [5.41, 5.74) is 2.11. The van der Waals surface area contributed by atoms with Gasteiger partial charge in [0.2, 0.25) is 0 Å². The second-order valence-corrected chi connectivity index (χ2v) is 6.99. The summed E-state index contributed by atoms with van der Waals surface area (Å²) in [5, 5.41) is 10.8. The highest BCUT2D eigenvalue weighted by atomic mass is 16.5. The minimum Gasteiger partial charge on any atom is -0.339 e. The molecule has 2 aliphatic heterocycles. The van der Waals surface area contributed by atoms with Crippen LogP contribution in [0, 0.1) is 5.92 Å². The van der Waals surface area contributed by atoms with E-state index in [4.69, 9.17) is 0 Å². The minimum atomic E-state index is 0.195. The second kappa shape index (κ2) is 7.93. The van der Waals surface area contributed by atoms with Gasteiger partial charge in [-0.3, -0.25) is 4.79 Å². The van der Waals surface area contributed by atoms with Gasteiger partial charge in [0.15, 0.2) is 0 Å². The van der Waals surface area contributed by atoms with Crippen LogP contribution in [0.3, 0.4) is 0 Å². The maximum Gasteiger partial charge on any atom is 0.253 e. The van der Waals surface area contributed by atoms with Crippen molar-refractivity contribution >= 4 is 5.91 Å². The van der Waals surface area contributed by atoms with Crippen LogP contribution in [0.1, 0.15) is 54.4 Å². The van der Waals surface area contributed by atoms with Gasteiger partial charge in [0.1, 0.15) is 0 Å². The molecule has 2 aliphatic rings. The third-order valence-electron chi connectivity index (χ3n) is 5.25. The topological polar surface area (TPSA) is 43.8 Å². The molecule has 0 aromatic heterocycles. The molecule has 0 bridgehead atoms. The summed E-state index contributed by atoms with van der Waals surface area (Å²) in [6, 6.07) is 8.18. The molecule has 2 heterocycles. The average Bonchev–Trinajstić information content (AvgIpc) is 2.61. The Balaban J connectivity index is 1.55. The minimum absolute atomic E-state index is 0.195. The Hall–Kier alpha value is -1.39. The number of hydroxylamine groups is 2. The smallest absolute Gasteiger partial charge is 0.253 e.